The van der Waals surface area contributed by atoms with Crippen LogP contribution in [0.2, 0.25) is 0 Å². The van der Waals surface area contributed by atoms with Crippen LogP contribution in [0.25, 0.3) is 0 Å². The zero-order valence-electron chi connectivity index (χ0n) is 32.6. The van der Waals surface area contributed by atoms with Crippen LogP contribution in [0.3, 0.4) is 0 Å². The molecule has 6 aliphatic rings. The summed E-state index contributed by atoms with van der Waals surface area (Å²) in [5.74, 6) is 1.61. The molecule has 5 aliphatic carbocycles. The summed E-state index contributed by atoms with van der Waals surface area (Å²) >= 11 is 0. The minimum atomic E-state index is -0.883. The Bertz CT molecular complexity index is 1350. The van der Waals surface area contributed by atoms with Crippen LogP contribution in [-0.2, 0) is 23.9 Å². The predicted molar refractivity (Wildman–Crippen MR) is 194 cm³/mol. The summed E-state index contributed by atoms with van der Waals surface area (Å²) < 4.78 is 6.26. The largest absolute Gasteiger partial charge is 0.481 e. The van der Waals surface area contributed by atoms with Crippen LogP contribution in [0.5, 0.6) is 0 Å². The van der Waals surface area contributed by atoms with Gasteiger partial charge in [0, 0.05) is 37.9 Å². The first kappa shape index (κ1) is 37.6. The highest BCUT2D eigenvalue weighted by atomic mass is 16.5. The lowest BCUT2D eigenvalue weighted by atomic mass is 9.32. The van der Waals surface area contributed by atoms with E-state index >= 15 is 0 Å². The van der Waals surface area contributed by atoms with E-state index < -0.39 is 11.4 Å². The fourth-order valence-corrected chi connectivity index (χ4v) is 14.2. The molecule has 8 heteroatoms. The predicted octanol–water partition coefficient (Wildman–Crippen LogP) is 8.16. The number of aliphatic carboxylic acids is 1. The van der Waals surface area contributed by atoms with E-state index in [1.165, 1.54) is 51.4 Å². The van der Waals surface area contributed by atoms with Crippen LogP contribution in [0.15, 0.2) is 0 Å². The van der Waals surface area contributed by atoms with E-state index in [4.69, 9.17) is 4.74 Å². The molecule has 9 atom stereocenters. The molecule has 0 aromatic heterocycles. The first-order chi connectivity index (χ1) is 23.3. The fraction of sp³-hybridized carbons (Fsp3) is 0.905. The van der Waals surface area contributed by atoms with Gasteiger partial charge in [-0.1, -0.05) is 54.9 Å². The highest BCUT2D eigenvalue weighted by Crippen LogP contribution is 2.77. The fourth-order valence-electron chi connectivity index (χ4n) is 14.2. The van der Waals surface area contributed by atoms with Gasteiger partial charge in [0.15, 0.2) is 0 Å². The van der Waals surface area contributed by atoms with Gasteiger partial charge < -0.3 is 20.1 Å². The van der Waals surface area contributed by atoms with Crippen molar-refractivity contribution in [2.24, 2.45) is 56.2 Å². The smallest absolute Gasteiger partial charge is 0.306 e. The summed E-state index contributed by atoms with van der Waals surface area (Å²) in [6.07, 6.45) is 15.3. The summed E-state index contributed by atoms with van der Waals surface area (Å²) in [6.45, 7) is 19.3. The third-order valence-electron chi connectivity index (χ3n) is 16.8. The molecule has 8 nitrogen and oxygen atoms in total. The Morgan fingerprint density at radius 2 is 1.48 bits per heavy atom. The van der Waals surface area contributed by atoms with E-state index in [-0.39, 0.29) is 63.9 Å². The third kappa shape index (κ3) is 6.32. The molecular formula is C42H68N2O6. The van der Waals surface area contributed by atoms with Gasteiger partial charge in [0.05, 0.1) is 12.8 Å². The minimum Gasteiger partial charge on any atom is -0.481 e. The van der Waals surface area contributed by atoms with Crippen molar-refractivity contribution in [3.63, 3.8) is 0 Å². The Kier molecular flexibility index (Phi) is 9.84. The van der Waals surface area contributed by atoms with Crippen molar-refractivity contribution < 1.29 is 29.0 Å². The van der Waals surface area contributed by atoms with E-state index in [0.29, 0.717) is 36.0 Å². The van der Waals surface area contributed by atoms with Crippen molar-refractivity contribution in [1.29, 1.82) is 0 Å². The summed E-state index contributed by atoms with van der Waals surface area (Å²) in [7, 11) is 0. The van der Waals surface area contributed by atoms with Crippen LogP contribution in [0.1, 0.15) is 158 Å². The van der Waals surface area contributed by atoms with Crippen molar-refractivity contribution in [3.8, 4) is 0 Å². The summed E-state index contributed by atoms with van der Waals surface area (Å²) in [5, 5.41) is 12.4. The normalized spacial score (nSPS) is 41.2. The Balaban J connectivity index is 1.15. The number of piperidine rings is 1. The SMILES string of the molecule is CC(=O)NC1CCN(C(=O)C[C@]23CCC[C@@H]2[C@H]2CCC4[C@@]5(C)CC[C@H](OC(=O)CC(C)(C)CC(=O)O)C(C)(C)C5CC[C@@]4(C)[C@]2(C)CC3)CC1. The van der Waals surface area contributed by atoms with E-state index in [1.54, 1.807) is 6.92 Å². The second-order valence-corrected chi connectivity index (χ2v) is 20.3. The maximum absolute atomic E-state index is 13.9. The molecule has 1 heterocycles. The average Bonchev–Trinajstić information content (AvgIpc) is 3.41. The molecular weight excluding hydrogens is 628 g/mol. The number of ether oxygens (including phenoxy) is 1. The first-order valence-corrected chi connectivity index (χ1v) is 20.2. The van der Waals surface area contributed by atoms with Crippen LogP contribution < -0.4 is 5.32 Å². The number of carboxylic acid groups (broad SMARTS) is 1. The lowest BCUT2D eigenvalue weighted by Gasteiger charge is -2.72. The maximum atomic E-state index is 13.9. The van der Waals surface area contributed by atoms with Crippen molar-refractivity contribution in [2.75, 3.05) is 13.1 Å². The van der Waals surface area contributed by atoms with E-state index in [0.717, 1.165) is 45.2 Å². The van der Waals surface area contributed by atoms with Crippen LogP contribution in [-0.4, -0.2) is 59.0 Å². The monoisotopic (exact) mass is 697 g/mol. The van der Waals surface area contributed by atoms with Gasteiger partial charge in [-0.3, -0.25) is 19.2 Å². The molecule has 6 fully saturated rings. The maximum Gasteiger partial charge on any atom is 0.306 e. The lowest BCUT2D eigenvalue weighted by molar-refractivity contribution is -0.248. The second-order valence-electron chi connectivity index (χ2n) is 20.3. The molecule has 1 aliphatic heterocycles. The summed E-state index contributed by atoms with van der Waals surface area (Å²) in [6, 6.07) is 0.190. The van der Waals surface area contributed by atoms with Gasteiger partial charge in [-0.25, -0.2) is 0 Å². The van der Waals surface area contributed by atoms with E-state index in [2.05, 4.69) is 44.8 Å². The molecule has 0 aromatic carbocycles. The number of carboxylic acids is 1. The summed E-state index contributed by atoms with van der Waals surface area (Å²) in [5.41, 5.74) is 0.0374. The number of amides is 2. The highest BCUT2D eigenvalue weighted by molar-refractivity contribution is 5.77. The van der Waals surface area contributed by atoms with Gasteiger partial charge in [-0.2, -0.15) is 0 Å². The van der Waals surface area contributed by atoms with E-state index in [1.807, 2.05) is 13.8 Å². The average molecular weight is 697 g/mol. The van der Waals surface area contributed by atoms with Gasteiger partial charge >= 0.3 is 11.9 Å². The number of likely N-dealkylation sites (tertiary alicyclic amines) is 1. The van der Waals surface area contributed by atoms with Gasteiger partial charge in [0.2, 0.25) is 11.8 Å². The molecule has 5 saturated carbocycles. The molecule has 0 spiro atoms. The Morgan fingerprint density at radius 3 is 2.14 bits per heavy atom. The molecule has 6 rings (SSSR count). The van der Waals surface area contributed by atoms with Gasteiger partial charge in [0.1, 0.15) is 6.10 Å². The quantitative estimate of drug-likeness (QED) is 0.248. The second kappa shape index (κ2) is 13.1. The molecule has 282 valence electrons. The van der Waals surface area contributed by atoms with Gasteiger partial charge in [-0.05, 0) is 128 Å². The molecule has 50 heavy (non-hydrogen) atoms. The Labute approximate surface area is 302 Å². The highest BCUT2D eigenvalue weighted by Gasteiger charge is 2.70. The number of rotatable bonds is 8. The molecule has 2 N–H and O–H groups in total. The zero-order chi connectivity index (χ0) is 36.5. The van der Waals surface area contributed by atoms with Gasteiger partial charge in [-0.15, -0.1) is 0 Å². The van der Waals surface area contributed by atoms with Crippen LogP contribution in [0.4, 0.5) is 0 Å². The molecule has 2 unspecified atom stereocenters. The number of esters is 1. The number of nitrogens with one attached hydrogen (secondary N) is 1. The number of hydrogen-bond acceptors (Lipinski definition) is 5. The lowest BCUT2D eigenvalue weighted by Crippen LogP contribution is -2.66. The zero-order valence-corrected chi connectivity index (χ0v) is 32.6. The topological polar surface area (TPSA) is 113 Å². The van der Waals surface area contributed by atoms with E-state index in [9.17, 15) is 24.3 Å². The first-order valence-electron chi connectivity index (χ1n) is 20.2. The Morgan fingerprint density at radius 1 is 0.780 bits per heavy atom. The van der Waals surface area contributed by atoms with Crippen molar-refractivity contribution in [2.45, 2.75) is 170 Å². The van der Waals surface area contributed by atoms with Crippen molar-refractivity contribution in [1.82, 2.24) is 10.2 Å². The number of carbonyl (C=O) groups excluding carboxylic acids is 3. The molecule has 2 amide bonds. The number of carbonyl (C=O) groups is 4. The molecule has 0 radical (unpaired) electrons. The third-order valence-corrected chi connectivity index (χ3v) is 16.8. The number of hydrogen-bond donors (Lipinski definition) is 2. The summed E-state index contributed by atoms with van der Waals surface area (Å²) in [4.78, 5) is 52.1. The number of fused-ring (bicyclic) bond motifs is 7. The molecule has 0 aromatic rings. The van der Waals surface area contributed by atoms with Crippen molar-refractivity contribution in [3.05, 3.63) is 0 Å². The van der Waals surface area contributed by atoms with Gasteiger partial charge in [0.25, 0.3) is 0 Å². The van der Waals surface area contributed by atoms with Crippen molar-refractivity contribution >= 4 is 23.8 Å². The molecule has 1 saturated heterocycles. The Hall–Kier alpha value is -2.12. The minimum absolute atomic E-state index is 0.0198. The molecule has 0 bridgehead atoms. The number of nitrogens with zero attached hydrogens (tertiary/aromatic N) is 1. The standard InChI is InChI=1S/C42H68N2O6/c1-27(45)43-28-15-22-44(23-16-28)34(46)24-42-17-9-10-30(42)29-11-12-32-39(6)18-14-33(50-36(49)26-37(2,3)25-35(47)48)38(4,5)31(39)13-19-41(32,8)40(29,7)20-21-42/h28-33H,9-26H2,1-8H3,(H,43,45)(H,47,48)/t29-,30-,31?,32?,33+,39+,40-,41-,42-/m1/s1. The van der Waals surface area contributed by atoms with Crippen LogP contribution in [0, 0.1) is 56.2 Å². The van der Waals surface area contributed by atoms with Crippen LogP contribution >= 0.6 is 0 Å².